The van der Waals surface area contributed by atoms with E-state index in [9.17, 15) is 0 Å². The van der Waals surface area contributed by atoms with Crippen molar-refractivity contribution in [1.82, 2.24) is 9.97 Å². The third-order valence-corrected chi connectivity index (χ3v) is 2.15. The SMILES string of the molecule is Cc1cc(Oc2cccc(C#N)c2)nc(NN)n1. The van der Waals surface area contributed by atoms with Gasteiger partial charge < -0.3 is 4.74 Å². The Labute approximate surface area is 104 Å². The molecular formula is C12H11N5O. The van der Waals surface area contributed by atoms with Crippen molar-refractivity contribution in [3.05, 3.63) is 41.6 Å². The lowest BCUT2D eigenvalue weighted by Crippen LogP contribution is -2.11. The van der Waals surface area contributed by atoms with Gasteiger partial charge in [0.25, 0.3) is 0 Å². The standard InChI is InChI=1S/C12H11N5O/c1-8-5-11(16-12(15-8)17-14)18-10-4-2-3-9(6-10)7-13/h2-6H,14H2,1H3,(H,15,16,17). The van der Waals surface area contributed by atoms with Gasteiger partial charge in [-0.15, -0.1) is 0 Å². The predicted octanol–water partition coefficient (Wildman–Crippen LogP) is 1.73. The first-order valence-corrected chi connectivity index (χ1v) is 5.21. The molecule has 0 unspecified atom stereocenters. The smallest absolute Gasteiger partial charge is 0.240 e. The van der Waals surface area contributed by atoms with Gasteiger partial charge in [0.1, 0.15) is 5.75 Å². The lowest BCUT2D eigenvalue weighted by Gasteiger charge is -2.07. The van der Waals surface area contributed by atoms with Crippen molar-refractivity contribution in [1.29, 1.82) is 5.26 Å². The van der Waals surface area contributed by atoms with Gasteiger partial charge in [-0.05, 0) is 25.1 Å². The van der Waals surface area contributed by atoms with Crippen LogP contribution < -0.4 is 16.0 Å². The Morgan fingerprint density at radius 3 is 2.89 bits per heavy atom. The second-order valence-electron chi connectivity index (χ2n) is 3.56. The third-order valence-electron chi connectivity index (χ3n) is 2.15. The molecule has 6 nitrogen and oxygen atoms in total. The first-order chi connectivity index (χ1) is 8.71. The molecule has 0 aliphatic heterocycles. The minimum absolute atomic E-state index is 0.279. The first-order valence-electron chi connectivity index (χ1n) is 5.21. The lowest BCUT2D eigenvalue weighted by molar-refractivity contribution is 0.461. The van der Waals surface area contributed by atoms with Crippen molar-refractivity contribution in [3.8, 4) is 17.7 Å². The summed E-state index contributed by atoms with van der Waals surface area (Å²) in [5.41, 5.74) is 3.61. The van der Waals surface area contributed by atoms with Gasteiger partial charge in [0.15, 0.2) is 0 Å². The molecule has 0 saturated carbocycles. The average molecular weight is 241 g/mol. The van der Waals surface area contributed by atoms with Crippen molar-refractivity contribution < 1.29 is 4.74 Å². The van der Waals surface area contributed by atoms with Crippen LogP contribution in [0.2, 0.25) is 0 Å². The van der Waals surface area contributed by atoms with Gasteiger partial charge in [-0.1, -0.05) is 6.07 Å². The molecule has 90 valence electrons. The number of anilines is 1. The summed E-state index contributed by atoms with van der Waals surface area (Å²) in [6, 6.07) is 10.5. The van der Waals surface area contributed by atoms with Crippen LogP contribution in [0.1, 0.15) is 11.3 Å². The van der Waals surface area contributed by atoms with Gasteiger partial charge in [0, 0.05) is 11.8 Å². The summed E-state index contributed by atoms with van der Waals surface area (Å²) in [7, 11) is 0. The molecule has 0 amide bonds. The number of hydrogen-bond donors (Lipinski definition) is 2. The minimum atomic E-state index is 0.279. The van der Waals surface area contributed by atoms with Crippen LogP contribution in [0.4, 0.5) is 5.95 Å². The number of benzene rings is 1. The largest absolute Gasteiger partial charge is 0.439 e. The second-order valence-corrected chi connectivity index (χ2v) is 3.56. The molecule has 6 heteroatoms. The van der Waals surface area contributed by atoms with Crippen LogP contribution in [0.15, 0.2) is 30.3 Å². The van der Waals surface area contributed by atoms with Crippen LogP contribution in [0.5, 0.6) is 11.6 Å². The quantitative estimate of drug-likeness (QED) is 0.627. The van der Waals surface area contributed by atoms with E-state index in [4.69, 9.17) is 15.8 Å². The van der Waals surface area contributed by atoms with Crippen LogP contribution >= 0.6 is 0 Å². The van der Waals surface area contributed by atoms with E-state index >= 15 is 0 Å². The summed E-state index contributed by atoms with van der Waals surface area (Å²) in [5, 5.41) is 8.80. The number of hydrogen-bond acceptors (Lipinski definition) is 6. The molecule has 3 N–H and O–H groups in total. The first kappa shape index (κ1) is 11.8. The number of nitrogens with zero attached hydrogens (tertiary/aromatic N) is 3. The van der Waals surface area contributed by atoms with Gasteiger partial charge >= 0.3 is 0 Å². The Balaban J connectivity index is 2.28. The Kier molecular flexibility index (Phi) is 3.36. The van der Waals surface area contributed by atoms with Crippen molar-refractivity contribution in [3.63, 3.8) is 0 Å². The highest BCUT2D eigenvalue weighted by molar-refractivity contribution is 5.38. The molecule has 0 saturated heterocycles. The molecule has 0 aliphatic rings. The third kappa shape index (κ3) is 2.72. The molecule has 18 heavy (non-hydrogen) atoms. The maximum atomic E-state index is 8.80. The van der Waals surface area contributed by atoms with Gasteiger partial charge in [-0.3, -0.25) is 5.43 Å². The molecule has 1 aromatic heterocycles. The number of nitrogens with two attached hydrogens (primary N) is 1. The topological polar surface area (TPSA) is 96.8 Å². The summed E-state index contributed by atoms with van der Waals surface area (Å²) in [4.78, 5) is 8.10. The predicted molar refractivity (Wildman–Crippen MR) is 65.8 cm³/mol. The molecule has 1 heterocycles. The highest BCUT2D eigenvalue weighted by atomic mass is 16.5. The highest BCUT2D eigenvalue weighted by Gasteiger charge is 2.04. The van der Waals surface area contributed by atoms with Crippen molar-refractivity contribution in [2.45, 2.75) is 6.92 Å². The Morgan fingerprint density at radius 1 is 1.33 bits per heavy atom. The minimum Gasteiger partial charge on any atom is -0.439 e. The number of ether oxygens (including phenoxy) is 1. The fourth-order valence-corrected chi connectivity index (χ4v) is 1.41. The van der Waals surface area contributed by atoms with E-state index in [0.717, 1.165) is 5.69 Å². The van der Waals surface area contributed by atoms with E-state index in [-0.39, 0.29) is 5.95 Å². The summed E-state index contributed by atoms with van der Waals surface area (Å²) in [6.45, 7) is 1.81. The maximum absolute atomic E-state index is 8.80. The van der Waals surface area contributed by atoms with Crippen molar-refractivity contribution in [2.24, 2.45) is 5.84 Å². The molecule has 0 fully saturated rings. The summed E-state index contributed by atoms with van der Waals surface area (Å²) >= 11 is 0. The number of aryl methyl sites for hydroxylation is 1. The van der Waals surface area contributed by atoms with Gasteiger partial charge in [-0.2, -0.15) is 10.2 Å². The molecule has 0 atom stereocenters. The zero-order valence-electron chi connectivity index (χ0n) is 9.71. The summed E-state index contributed by atoms with van der Waals surface area (Å²) in [5.74, 6) is 6.44. The van der Waals surface area contributed by atoms with E-state index in [1.165, 1.54) is 0 Å². The number of nitrogens with one attached hydrogen (secondary N) is 1. The van der Waals surface area contributed by atoms with Gasteiger partial charge in [0.2, 0.25) is 11.8 Å². The number of hydrazine groups is 1. The maximum Gasteiger partial charge on any atom is 0.240 e. The average Bonchev–Trinajstić information content (AvgIpc) is 2.38. The number of rotatable bonds is 3. The van der Waals surface area contributed by atoms with Crippen LogP contribution in [0.3, 0.4) is 0 Å². The normalized spacial score (nSPS) is 9.61. The number of nitriles is 1. The molecule has 2 rings (SSSR count). The van der Waals surface area contributed by atoms with Crippen molar-refractivity contribution in [2.75, 3.05) is 5.43 Å². The van der Waals surface area contributed by atoms with Gasteiger partial charge in [-0.25, -0.2) is 10.8 Å². The Hall–Kier alpha value is -2.65. The van der Waals surface area contributed by atoms with Crippen LogP contribution in [-0.4, -0.2) is 9.97 Å². The summed E-state index contributed by atoms with van der Waals surface area (Å²) < 4.78 is 5.55. The van der Waals surface area contributed by atoms with Gasteiger partial charge in [0.05, 0.1) is 11.6 Å². The molecule has 2 aromatic rings. The monoisotopic (exact) mass is 241 g/mol. The molecular weight excluding hydrogens is 230 g/mol. The van der Waals surface area contributed by atoms with Crippen LogP contribution in [0, 0.1) is 18.3 Å². The lowest BCUT2D eigenvalue weighted by atomic mass is 10.2. The Bertz CT molecular complexity index is 606. The number of aromatic nitrogens is 2. The second kappa shape index (κ2) is 5.12. The van der Waals surface area contributed by atoms with Crippen LogP contribution in [-0.2, 0) is 0 Å². The fourth-order valence-electron chi connectivity index (χ4n) is 1.41. The van der Waals surface area contributed by atoms with Crippen LogP contribution in [0.25, 0.3) is 0 Å². The molecule has 0 bridgehead atoms. The number of nitrogen functional groups attached to an aromatic ring is 1. The zero-order chi connectivity index (χ0) is 13.0. The van der Waals surface area contributed by atoms with E-state index in [1.807, 2.05) is 6.07 Å². The molecule has 0 aliphatic carbocycles. The Morgan fingerprint density at radius 2 is 2.17 bits per heavy atom. The highest BCUT2D eigenvalue weighted by Crippen LogP contribution is 2.21. The van der Waals surface area contributed by atoms with E-state index in [2.05, 4.69) is 15.4 Å². The van der Waals surface area contributed by atoms with E-state index < -0.39 is 0 Å². The summed E-state index contributed by atoms with van der Waals surface area (Å²) in [6.07, 6.45) is 0. The van der Waals surface area contributed by atoms with E-state index in [1.54, 1.807) is 37.3 Å². The molecule has 0 radical (unpaired) electrons. The zero-order valence-corrected chi connectivity index (χ0v) is 9.71. The van der Waals surface area contributed by atoms with Crippen molar-refractivity contribution >= 4 is 5.95 Å². The molecule has 1 aromatic carbocycles. The fraction of sp³-hybridized carbons (Fsp3) is 0.0833. The van der Waals surface area contributed by atoms with E-state index in [0.29, 0.717) is 17.2 Å². The molecule has 0 spiro atoms.